The average Bonchev–Trinajstić information content (AvgIpc) is 1.82. The van der Waals surface area contributed by atoms with Gasteiger partial charge < -0.3 is 0 Å². The van der Waals surface area contributed by atoms with Gasteiger partial charge in [-0.3, -0.25) is 0 Å². The van der Waals surface area contributed by atoms with Gasteiger partial charge in [0.15, 0.2) is 0 Å². The third-order valence-electron chi connectivity index (χ3n) is 1.74. The van der Waals surface area contributed by atoms with Crippen molar-refractivity contribution in [1.82, 2.24) is 0 Å². The Kier molecular flexibility index (Phi) is 3.26. The van der Waals surface area contributed by atoms with E-state index in [1.807, 2.05) is 0 Å². The Balaban J connectivity index is 3.18. The van der Waals surface area contributed by atoms with Crippen LogP contribution >= 0.6 is 15.9 Å². The average molecular weight is 340 g/mol. The molecule has 1 aromatic rings. The number of benzene rings is 1. The number of hydrogen-bond donors (Lipinski definition) is 0. The van der Waals surface area contributed by atoms with Crippen LogP contribution in [0.2, 0.25) is 0 Å². The van der Waals surface area contributed by atoms with Gasteiger partial charge in [-0.1, -0.05) is 0 Å². The van der Waals surface area contributed by atoms with Gasteiger partial charge >= 0.3 is 96.3 Å². The maximum atomic E-state index is 3.51. The van der Waals surface area contributed by atoms with Crippen LogP contribution in [0.4, 0.5) is 0 Å². The van der Waals surface area contributed by atoms with Gasteiger partial charge in [0.25, 0.3) is 0 Å². The Morgan fingerprint density at radius 3 is 2.17 bits per heavy atom. The van der Waals surface area contributed by atoms with Crippen molar-refractivity contribution < 1.29 is 0 Å². The second-order valence-corrected chi connectivity index (χ2v) is 6.19. The van der Waals surface area contributed by atoms with E-state index in [4.69, 9.17) is 0 Å². The molecular formula is C10H12BrTe. The Hall–Kier alpha value is 0.490. The summed E-state index contributed by atoms with van der Waals surface area (Å²) in [4.78, 5) is 0. The molecule has 0 saturated carbocycles. The first-order valence-electron chi connectivity index (χ1n) is 3.88. The molecule has 0 fully saturated rings. The molecule has 0 aliphatic rings. The first kappa shape index (κ1) is 10.6. The van der Waals surface area contributed by atoms with Gasteiger partial charge in [-0.05, 0) is 0 Å². The predicted octanol–water partition coefficient (Wildman–Crippen LogP) is 2.54. The second kappa shape index (κ2) is 3.70. The van der Waals surface area contributed by atoms with Crippen LogP contribution in [0, 0.1) is 0 Å². The molecule has 0 unspecified atom stereocenters. The van der Waals surface area contributed by atoms with Gasteiger partial charge in [-0.2, -0.15) is 0 Å². The molecule has 12 heavy (non-hydrogen) atoms. The SMILES string of the molecule is CC(C)(C)c1cc(Br)cc([Te])c1. The summed E-state index contributed by atoms with van der Waals surface area (Å²) in [7, 11) is 0. The van der Waals surface area contributed by atoms with E-state index in [1.54, 1.807) is 0 Å². The van der Waals surface area contributed by atoms with Crippen LogP contribution in [-0.2, 0) is 5.41 Å². The van der Waals surface area contributed by atoms with Crippen LogP contribution in [0.5, 0.6) is 0 Å². The van der Waals surface area contributed by atoms with Gasteiger partial charge in [-0.25, -0.2) is 0 Å². The van der Waals surface area contributed by atoms with Crippen molar-refractivity contribution in [3.05, 3.63) is 28.2 Å². The van der Waals surface area contributed by atoms with E-state index in [-0.39, 0.29) is 5.41 Å². The minimum atomic E-state index is 0.246. The van der Waals surface area contributed by atoms with Crippen LogP contribution in [0.15, 0.2) is 22.7 Å². The summed E-state index contributed by atoms with van der Waals surface area (Å²) in [5.41, 5.74) is 1.63. The molecule has 0 bridgehead atoms. The van der Waals surface area contributed by atoms with Gasteiger partial charge in [0, 0.05) is 0 Å². The molecule has 0 aromatic heterocycles. The second-order valence-electron chi connectivity index (χ2n) is 3.93. The molecule has 0 atom stereocenters. The van der Waals surface area contributed by atoms with Crippen LogP contribution in [0.3, 0.4) is 0 Å². The van der Waals surface area contributed by atoms with Crippen LogP contribution in [0.25, 0.3) is 0 Å². The zero-order valence-corrected chi connectivity index (χ0v) is 11.4. The van der Waals surface area contributed by atoms with Crippen molar-refractivity contribution in [2.24, 2.45) is 0 Å². The maximum absolute atomic E-state index is 3.51. The fourth-order valence-corrected chi connectivity index (χ4v) is 2.69. The van der Waals surface area contributed by atoms with E-state index in [9.17, 15) is 0 Å². The standard InChI is InChI=1S/C10H12BrTe/c1-10(2,3)7-4-8(11)6-9(12)5-7/h4-6H,1-3H3. The zero-order chi connectivity index (χ0) is 9.35. The summed E-state index contributed by atoms with van der Waals surface area (Å²) in [6.45, 7) is 6.69. The first-order chi connectivity index (χ1) is 5.39. The fourth-order valence-electron chi connectivity index (χ4n) is 0.996. The van der Waals surface area contributed by atoms with Crippen molar-refractivity contribution in [2.45, 2.75) is 26.2 Å². The fraction of sp³-hybridized carbons (Fsp3) is 0.400. The van der Waals surface area contributed by atoms with Crippen LogP contribution in [-0.4, -0.2) is 22.3 Å². The Bertz CT molecular complexity index is 266. The van der Waals surface area contributed by atoms with E-state index in [2.05, 4.69) is 77.2 Å². The molecule has 0 heterocycles. The summed E-state index contributed by atoms with van der Waals surface area (Å²) in [5.74, 6) is 0. The monoisotopic (exact) mass is 341 g/mol. The molecule has 0 nitrogen and oxygen atoms in total. The van der Waals surface area contributed by atoms with E-state index < -0.39 is 0 Å². The van der Waals surface area contributed by atoms with Gasteiger partial charge in [0.2, 0.25) is 0 Å². The molecule has 0 aliphatic carbocycles. The summed E-state index contributed by atoms with van der Waals surface area (Å²) >= 11 is 5.56. The summed E-state index contributed by atoms with van der Waals surface area (Å²) < 4.78 is 2.50. The molecule has 0 N–H and O–H groups in total. The third kappa shape index (κ3) is 2.76. The Labute approximate surface area is 95.8 Å². The number of hydrogen-bond acceptors (Lipinski definition) is 0. The third-order valence-corrected chi connectivity index (χ3v) is 2.87. The van der Waals surface area contributed by atoms with Gasteiger partial charge in [-0.15, -0.1) is 0 Å². The predicted molar refractivity (Wildman–Crippen MR) is 58.2 cm³/mol. The molecule has 2 heteroatoms. The molecule has 1 rings (SSSR count). The van der Waals surface area contributed by atoms with Gasteiger partial charge in [0.1, 0.15) is 0 Å². The van der Waals surface area contributed by atoms with E-state index in [0.717, 1.165) is 0 Å². The van der Waals surface area contributed by atoms with E-state index in [0.29, 0.717) is 0 Å². The van der Waals surface area contributed by atoms with Crippen LogP contribution < -0.4 is 3.61 Å². The van der Waals surface area contributed by atoms with Crippen molar-refractivity contribution >= 4 is 41.8 Å². The van der Waals surface area contributed by atoms with E-state index in [1.165, 1.54) is 13.6 Å². The van der Waals surface area contributed by atoms with Crippen LogP contribution in [0.1, 0.15) is 26.3 Å². The quantitative estimate of drug-likeness (QED) is 0.637. The molecule has 0 spiro atoms. The number of halogens is 1. The van der Waals surface area contributed by atoms with Crippen molar-refractivity contribution in [2.75, 3.05) is 0 Å². The van der Waals surface area contributed by atoms with Gasteiger partial charge in [0.05, 0.1) is 0 Å². The minimum absolute atomic E-state index is 0.246. The Morgan fingerprint density at radius 1 is 1.17 bits per heavy atom. The Morgan fingerprint density at radius 2 is 1.75 bits per heavy atom. The molecule has 0 amide bonds. The van der Waals surface area contributed by atoms with Crippen molar-refractivity contribution in [3.8, 4) is 0 Å². The molecule has 65 valence electrons. The summed E-state index contributed by atoms with van der Waals surface area (Å²) in [6.07, 6.45) is 0. The normalized spacial score (nSPS) is 11.7. The topological polar surface area (TPSA) is 0 Å². The van der Waals surface area contributed by atoms with Crippen molar-refractivity contribution in [3.63, 3.8) is 0 Å². The number of rotatable bonds is 0. The summed E-state index contributed by atoms with van der Waals surface area (Å²) in [6, 6.07) is 6.57. The summed E-state index contributed by atoms with van der Waals surface area (Å²) in [5, 5.41) is 0. The molecule has 0 saturated heterocycles. The molecular weight excluding hydrogens is 328 g/mol. The van der Waals surface area contributed by atoms with E-state index >= 15 is 0 Å². The van der Waals surface area contributed by atoms with Crippen molar-refractivity contribution in [1.29, 1.82) is 0 Å². The first-order valence-corrected chi connectivity index (χ1v) is 5.83. The molecule has 0 aliphatic heterocycles. The zero-order valence-electron chi connectivity index (χ0n) is 7.52. The molecule has 1 radical (unpaired) electrons. The molecule has 1 aromatic carbocycles.